The summed E-state index contributed by atoms with van der Waals surface area (Å²) in [6, 6.07) is 7.65. The van der Waals surface area contributed by atoms with Crippen LogP contribution in [-0.2, 0) is 4.79 Å². The Balaban J connectivity index is 2.07. The third-order valence-corrected chi connectivity index (χ3v) is 5.32. The minimum absolute atomic E-state index is 0.0150. The third-order valence-electron chi connectivity index (χ3n) is 5.12. The number of benzene rings is 1. The minimum Gasteiger partial charge on any atom is -0.494 e. The van der Waals surface area contributed by atoms with Gasteiger partial charge in [-0.05, 0) is 37.2 Å². The van der Waals surface area contributed by atoms with Gasteiger partial charge in [0.1, 0.15) is 5.75 Å². The van der Waals surface area contributed by atoms with Crippen LogP contribution in [0, 0.1) is 0 Å². The fourth-order valence-electron chi connectivity index (χ4n) is 3.30. The van der Waals surface area contributed by atoms with E-state index in [1.807, 2.05) is 24.3 Å². The SMILES string of the molecule is CCCCCCCCCCCCCC(=O)NC(=S)Nc1cccc(OCCCC)c1. The predicted octanol–water partition coefficient (Wildman–Crippen LogP) is 7.38. The van der Waals surface area contributed by atoms with Crippen molar-refractivity contribution in [2.24, 2.45) is 0 Å². The van der Waals surface area contributed by atoms with E-state index in [1.165, 1.54) is 57.8 Å². The molecular formula is C25H42N2O2S. The zero-order valence-electron chi connectivity index (χ0n) is 19.1. The Morgan fingerprint density at radius 2 is 1.47 bits per heavy atom. The second kappa shape index (κ2) is 18.2. The number of nitrogens with one attached hydrogen (secondary N) is 2. The van der Waals surface area contributed by atoms with Crippen molar-refractivity contribution < 1.29 is 9.53 Å². The van der Waals surface area contributed by atoms with Gasteiger partial charge < -0.3 is 15.4 Å². The van der Waals surface area contributed by atoms with E-state index < -0.39 is 0 Å². The number of carbonyl (C=O) groups excluding carboxylic acids is 1. The number of amides is 1. The highest BCUT2D eigenvalue weighted by Gasteiger charge is 2.05. The summed E-state index contributed by atoms with van der Waals surface area (Å²) in [7, 11) is 0. The Hall–Kier alpha value is -1.62. The second-order valence-corrected chi connectivity index (χ2v) is 8.43. The summed E-state index contributed by atoms with van der Waals surface area (Å²) in [5, 5.41) is 6.18. The number of hydrogen-bond acceptors (Lipinski definition) is 3. The van der Waals surface area contributed by atoms with E-state index in [0.717, 1.165) is 37.1 Å². The molecule has 5 heteroatoms. The van der Waals surface area contributed by atoms with E-state index in [2.05, 4.69) is 24.5 Å². The highest BCUT2D eigenvalue weighted by Crippen LogP contribution is 2.17. The molecule has 0 bridgehead atoms. The van der Waals surface area contributed by atoms with Gasteiger partial charge in [0.15, 0.2) is 5.11 Å². The maximum absolute atomic E-state index is 12.1. The van der Waals surface area contributed by atoms with Crippen molar-refractivity contribution in [3.8, 4) is 5.75 Å². The van der Waals surface area contributed by atoms with Crippen LogP contribution < -0.4 is 15.4 Å². The number of ether oxygens (including phenoxy) is 1. The quantitative estimate of drug-likeness (QED) is 0.198. The maximum atomic E-state index is 12.1. The first-order chi connectivity index (χ1) is 14.7. The fourth-order valence-corrected chi connectivity index (χ4v) is 3.53. The molecule has 170 valence electrons. The summed E-state index contributed by atoms with van der Waals surface area (Å²) in [5.41, 5.74) is 0.823. The standard InChI is InChI=1S/C25H42N2O2S/c1-3-5-7-8-9-10-11-12-13-14-15-19-24(28)27-25(30)26-22-17-16-18-23(21-22)29-20-6-4-2/h16-18,21H,3-15,19-20H2,1-2H3,(H2,26,27,28,30). The van der Waals surface area contributed by atoms with E-state index in [1.54, 1.807) is 0 Å². The first-order valence-electron chi connectivity index (χ1n) is 12.0. The van der Waals surface area contributed by atoms with Gasteiger partial charge in [-0.3, -0.25) is 4.79 Å². The van der Waals surface area contributed by atoms with Crippen molar-refractivity contribution in [1.29, 1.82) is 0 Å². The molecule has 0 aromatic heterocycles. The van der Waals surface area contributed by atoms with E-state index in [4.69, 9.17) is 17.0 Å². The topological polar surface area (TPSA) is 50.4 Å². The van der Waals surface area contributed by atoms with Crippen LogP contribution in [0.4, 0.5) is 5.69 Å². The van der Waals surface area contributed by atoms with Crippen LogP contribution in [0.1, 0.15) is 104 Å². The highest BCUT2D eigenvalue weighted by molar-refractivity contribution is 7.80. The van der Waals surface area contributed by atoms with Gasteiger partial charge in [0, 0.05) is 18.2 Å². The fraction of sp³-hybridized carbons (Fsp3) is 0.680. The summed E-state index contributed by atoms with van der Waals surface area (Å²) < 4.78 is 5.70. The zero-order chi connectivity index (χ0) is 21.9. The number of unbranched alkanes of at least 4 members (excludes halogenated alkanes) is 11. The largest absolute Gasteiger partial charge is 0.494 e. The maximum Gasteiger partial charge on any atom is 0.226 e. The van der Waals surface area contributed by atoms with Gasteiger partial charge >= 0.3 is 0 Å². The molecule has 0 saturated carbocycles. The van der Waals surface area contributed by atoms with Gasteiger partial charge in [-0.1, -0.05) is 90.5 Å². The summed E-state index contributed by atoms with van der Waals surface area (Å²) >= 11 is 5.27. The molecule has 1 rings (SSSR count). The lowest BCUT2D eigenvalue weighted by Gasteiger charge is -2.11. The smallest absolute Gasteiger partial charge is 0.226 e. The highest BCUT2D eigenvalue weighted by atomic mass is 32.1. The molecule has 0 spiro atoms. The molecule has 0 unspecified atom stereocenters. The third kappa shape index (κ3) is 14.4. The molecule has 30 heavy (non-hydrogen) atoms. The normalized spacial score (nSPS) is 10.6. The Labute approximate surface area is 189 Å². The van der Waals surface area contributed by atoms with Crippen LogP contribution in [0.15, 0.2) is 24.3 Å². The Bertz CT molecular complexity index is 592. The van der Waals surface area contributed by atoms with Gasteiger partial charge in [0.05, 0.1) is 6.61 Å². The van der Waals surface area contributed by atoms with Crippen LogP contribution in [-0.4, -0.2) is 17.6 Å². The molecule has 1 aromatic carbocycles. The Morgan fingerprint density at radius 3 is 2.10 bits per heavy atom. The molecule has 0 atom stereocenters. The molecule has 0 aliphatic rings. The first kappa shape index (κ1) is 26.4. The molecule has 2 N–H and O–H groups in total. The summed E-state index contributed by atoms with van der Waals surface area (Å²) in [6.45, 7) is 5.10. The van der Waals surface area contributed by atoms with Gasteiger partial charge in [-0.25, -0.2) is 0 Å². The summed E-state index contributed by atoms with van der Waals surface area (Å²) in [4.78, 5) is 12.1. The zero-order valence-corrected chi connectivity index (χ0v) is 20.0. The number of anilines is 1. The molecule has 0 aliphatic heterocycles. The lowest BCUT2D eigenvalue weighted by Crippen LogP contribution is -2.33. The van der Waals surface area contributed by atoms with Gasteiger partial charge in [0.2, 0.25) is 5.91 Å². The number of thiocarbonyl (C=S) groups is 1. The predicted molar refractivity (Wildman–Crippen MR) is 132 cm³/mol. The van der Waals surface area contributed by atoms with Crippen molar-refractivity contribution in [2.45, 2.75) is 104 Å². The van der Waals surface area contributed by atoms with Crippen molar-refractivity contribution in [3.63, 3.8) is 0 Å². The molecular weight excluding hydrogens is 392 g/mol. The summed E-state index contributed by atoms with van der Waals surface area (Å²) in [5.74, 6) is 0.794. The monoisotopic (exact) mass is 434 g/mol. The molecule has 0 heterocycles. The van der Waals surface area contributed by atoms with Gasteiger partial charge in [-0.15, -0.1) is 0 Å². The lowest BCUT2D eigenvalue weighted by molar-refractivity contribution is -0.119. The number of rotatable bonds is 17. The first-order valence-corrected chi connectivity index (χ1v) is 12.4. The van der Waals surface area contributed by atoms with Crippen molar-refractivity contribution in [2.75, 3.05) is 11.9 Å². The van der Waals surface area contributed by atoms with E-state index >= 15 is 0 Å². The second-order valence-electron chi connectivity index (χ2n) is 8.02. The summed E-state index contributed by atoms with van der Waals surface area (Å²) in [6.07, 6.45) is 16.7. The van der Waals surface area contributed by atoms with E-state index in [0.29, 0.717) is 18.1 Å². The van der Waals surface area contributed by atoms with Gasteiger partial charge in [0.25, 0.3) is 0 Å². The average molecular weight is 435 g/mol. The molecule has 0 saturated heterocycles. The Morgan fingerprint density at radius 1 is 0.867 bits per heavy atom. The molecule has 0 radical (unpaired) electrons. The molecule has 0 fully saturated rings. The minimum atomic E-state index is -0.0150. The van der Waals surface area contributed by atoms with Crippen LogP contribution in [0.2, 0.25) is 0 Å². The number of hydrogen-bond donors (Lipinski definition) is 2. The van der Waals surface area contributed by atoms with Crippen LogP contribution in [0.25, 0.3) is 0 Å². The molecule has 4 nitrogen and oxygen atoms in total. The molecule has 1 amide bonds. The van der Waals surface area contributed by atoms with Crippen molar-refractivity contribution in [3.05, 3.63) is 24.3 Å². The average Bonchev–Trinajstić information content (AvgIpc) is 2.72. The van der Waals surface area contributed by atoms with Crippen molar-refractivity contribution >= 4 is 28.9 Å². The van der Waals surface area contributed by atoms with Crippen LogP contribution >= 0.6 is 12.2 Å². The van der Waals surface area contributed by atoms with E-state index in [-0.39, 0.29) is 5.91 Å². The molecule has 1 aromatic rings. The van der Waals surface area contributed by atoms with Crippen molar-refractivity contribution in [1.82, 2.24) is 5.32 Å². The van der Waals surface area contributed by atoms with Crippen LogP contribution in [0.3, 0.4) is 0 Å². The lowest BCUT2D eigenvalue weighted by atomic mass is 10.1. The van der Waals surface area contributed by atoms with E-state index in [9.17, 15) is 4.79 Å². The molecule has 0 aliphatic carbocycles. The van der Waals surface area contributed by atoms with Crippen LogP contribution in [0.5, 0.6) is 5.75 Å². The van der Waals surface area contributed by atoms with Gasteiger partial charge in [-0.2, -0.15) is 0 Å². The Kier molecular flexibility index (Phi) is 16.0. The number of carbonyl (C=O) groups is 1.